The molecule has 1 atom stereocenters. The van der Waals surface area contributed by atoms with E-state index in [4.69, 9.17) is 15.6 Å². The SMILES string of the molecule is N[C@H](C(=O)O)c1ccccc1Oc1ccc(F)cc1. The molecule has 98 valence electrons. The third-order valence-electron chi connectivity index (χ3n) is 2.56. The Morgan fingerprint density at radius 1 is 1.16 bits per heavy atom. The molecule has 2 aromatic rings. The molecule has 0 unspecified atom stereocenters. The minimum atomic E-state index is -1.17. The van der Waals surface area contributed by atoms with Crippen molar-refractivity contribution in [3.8, 4) is 11.5 Å². The zero-order valence-corrected chi connectivity index (χ0v) is 9.92. The summed E-state index contributed by atoms with van der Waals surface area (Å²) in [5, 5.41) is 8.93. The average Bonchev–Trinajstić information content (AvgIpc) is 2.41. The third kappa shape index (κ3) is 3.08. The van der Waals surface area contributed by atoms with Crippen LogP contribution in [0.15, 0.2) is 48.5 Å². The minimum Gasteiger partial charge on any atom is -0.480 e. The van der Waals surface area contributed by atoms with Crippen LogP contribution in [-0.4, -0.2) is 11.1 Å². The average molecular weight is 261 g/mol. The number of hydrogen-bond acceptors (Lipinski definition) is 3. The zero-order valence-electron chi connectivity index (χ0n) is 9.92. The fourth-order valence-corrected chi connectivity index (χ4v) is 1.59. The maximum absolute atomic E-state index is 12.8. The Labute approximate surface area is 109 Å². The molecule has 5 heteroatoms. The summed E-state index contributed by atoms with van der Waals surface area (Å²) in [5.74, 6) is -0.770. The number of benzene rings is 2. The highest BCUT2D eigenvalue weighted by Gasteiger charge is 2.18. The van der Waals surface area contributed by atoms with E-state index in [2.05, 4.69) is 0 Å². The van der Waals surface area contributed by atoms with Crippen molar-refractivity contribution < 1.29 is 19.0 Å². The fourth-order valence-electron chi connectivity index (χ4n) is 1.59. The monoisotopic (exact) mass is 261 g/mol. The first-order valence-corrected chi connectivity index (χ1v) is 5.58. The van der Waals surface area contributed by atoms with Crippen molar-refractivity contribution in [3.63, 3.8) is 0 Å². The number of para-hydroxylation sites is 1. The number of carboxylic acid groups (broad SMARTS) is 1. The van der Waals surface area contributed by atoms with Crippen molar-refractivity contribution in [1.29, 1.82) is 0 Å². The summed E-state index contributed by atoms with van der Waals surface area (Å²) < 4.78 is 18.3. The molecule has 0 aliphatic carbocycles. The van der Waals surface area contributed by atoms with Crippen molar-refractivity contribution in [1.82, 2.24) is 0 Å². The molecule has 0 aliphatic rings. The zero-order chi connectivity index (χ0) is 13.8. The number of hydrogen-bond donors (Lipinski definition) is 2. The molecule has 4 nitrogen and oxygen atoms in total. The predicted molar refractivity (Wildman–Crippen MR) is 67.5 cm³/mol. The lowest BCUT2D eigenvalue weighted by atomic mass is 10.1. The van der Waals surface area contributed by atoms with Crippen molar-refractivity contribution in [2.45, 2.75) is 6.04 Å². The van der Waals surface area contributed by atoms with Gasteiger partial charge in [-0.2, -0.15) is 0 Å². The number of carboxylic acids is 1. The maximum Gasteiger partial charge on any atom is 0.325 e. The van der Waals surface area contributed by atoms with Gasteiger partial charge in [0.15, 0.2) is 0 Å². The first-order chi connectivity index (χ1) is 9.08. The van der Waals surface area contributed by atoms with E-state index >= 15 is 0 Å². The molecule has 2 rings (SSSR count). The molecule has 0 radical (unpaired) electrons. The second kappa shape index (κ2) is 5.49. The molecule has 19 heavy (non-hydrogen) atoms. The summed E-state index contributed by atoms with van der Waals surface area (Å²) >= 11 is 0. The summed E-state index contributed by atoms with van der Waals surface area (Å²) in [7, 11) is 0. The molecule has 0 aromatic heterocycles. The van der Waals surface area contributed by atoms with Gasteiger partial charge in [0.05, 0.1) is 0 Å². The van der Waals surface area contributed by atoms with Crippen molar-refractivity contribution in [3.05, 3.63) is 59.9 Å². The van der Waals surface area contributed by atoms with Crippen LogP contribution in [0.25, 0.3) is 0 Å². The number of ether oxygens (including phenoxy) is 1. The summed E-state index contributed by atoms with van der Waals surface area (Å²) in [4.78, 5) is 10.9. The molecule has 0 aliphatic heterocycles. The van der Waals surface area contributed by atoms with Crippen molar-refractivity contribution in [2.24, 2.45) is 5.73 Å². The molecule has 0 bridgehead atoms. The Hall–Kier alpha value is -2.40. The van der Waals surface area contributed by atoms with Gasteiger partial charge in [-0.05, 0) is 30.3 Å². The predicted octanol–water partition coefficient (Wildman–Crippen LogP) is 2.70. The highest BCUT2D eigenvalue weighted by atomic mass is 19.1. The van der Waals surface area contributed by atoms with E-state index in [-0.39, 0.29) is 5.82 Å². The highest BCUT2D eigenvalue weighted by Crippen LogP contribution is 2.28. The van der Waals surface area contributed by atoms with Crippen LogP contribution in [-0.2, 0) is 4.79 Å². The molecule has 3 N–H and O–H groups in total. The van der Waals surface area contributed by atoms with Crippen LogP contribution in [0.5, 0.6) is 11.5 Å². The van der Waals surface area contributed by atoms with Crippen LogP contribution in [0.2, 0.25) is 0 Å². The molecular weight excluding hydrogens is 249 g/mol. The number of halogens is 1. The fraction of sp³-hybridized carbons (Fsp3) is 0.0714. The molecular formula is C14H12FNO3. The molecule has 0 saturated carbocycles. The topological polar surface area (TPSA) is 72.6 Å². The van der Waals surface area contributed by atoms with Crippen LogP contribution in [0.1, 0.15) is 11.6 Å². The van der Waals surface area contributed by atoms with Gasteiger partial charge in [-0.3, -0.25) is 4.79 Å². The molecule has 0 amide bonds. The van der Waals surface area contributed by atoms with Gasteiger partial charge in [-0.1, -0.05) is 18.2 Å². The minimum absolute atomic E-state index is 0.337. The number of rotatable bonds is 4. The van der Waals surface area contributed by atoms with Crippen molar-refractivity contribution in [2.75, 3.05) is 0 Å². The summed E-state index contributed by atoms with van der Waals surface area (Å²) in [6.07, 6.45) is 0. The highest BCUT2D eigenvalue weighted by molar-refractivity contribution is 5.76. The van der Waals surface area contributed by atoms with E-state index in [1.165, 1.54) is 24.3 Å². The Morgan fingerprint density at radius 2 is 1.79 bits per heavy atom. The smallest absolute Gasteiger partial charge is 0.325 e. The number of carbonyl (C=O) groups is 1. The van der Waals surface area contributed by atoms with E-state index in [1.54, 1.807) is 24.3 Å². The second-order valence-corrected chi connectivity index (χ2v) is 3.91. The Morgan fingerprint density at radius 3 is 2.42 bits per heavy atom. The Bertz CT molecular complexity index is 583. The van der Waals surface area contributed by atoms with Crippen molar-refractivity contribution >= 4 is 5.97 Å². The summed E-state index contributed by atoms with van der Waals surface area (Å²) in [5.41, 5.74) is 5.94. The quantitative estimate of drug-likeness (QED) is 0.887. The number of aliphatic carboxylic acids is 1. The van der Waals surface area contributed by atoms with Gasteiger partial charge in [-0.25, -0.2) is 4.39 Å². The first kappa shape index (κ1) is 13.0. The molecule has 0 saturated heterocycles. The van der Waals surface area contributed by atoms with Gasteiger partial charge in [-0.15, -0.1) is 0 Å². The van der Waals surface area contributed by atoms with Crippen LogP contribution in [0, 0.1) is 5.82 Å². The lowest BCUT2D eigenvalue weighted by Gasteiger charge is -2.13. The van der Waals surface area contributed by atoms with E-state index in [9.17, 15) is 9.18 Å². The van der Waals surface area contributed by atoms with Crippen LogP contribution in [0.3, 0.4) is 0 Å². The van der Waals surface area contributed by atoms with Crippen LogP contribution < -0.4 is 10.5 Å². The maximum atomic E-state index is 12.8. The van der Waals surface area contributed by atoms with Crippen LogP contribution in [0.4, 0.5) is 4.39 Å². The van der Waals surface area contributed by atoms with Gasteiger partial charge in [0.2, 0.25) is 0 Å². The normalized spacial score (nSPS) is 11.9. The molecule has 2 aromatic carbocycles. The summed E-state index contributed by atoms with van der Waals surface area (Å²) in [6.45, 7) is 0. The van der Waals surface area contributed by atoms with E-state index in [0.717, 1.165) is 0 Å². The van der Waals surface area contributed by atoms with Gasteiger partial charge >= 0.3 is 5.97 Å². The molecule has 0 heterocycles. The number of nitrogens with two attached hydrogens (primary N) is 1. The van der Waals surface area contributed by atoms with Gasteiger partial charge in [0.25, 0.3) is 0 Å². The Balaban J connectivity index is 2.30. The largest absolute Gasteiger partial charge is 0.480 e. The summed E-state index contributed by atoms with van der Waals surface area (Å²) in [6, 6.07) is 10.8. The lowest BCUT2D eigenvalue weighted by molar-refractivity contribution is -0.138. The van der Waals surface area contributed by atoms with E-state index in [0.29, 0.717) is 17.1 Å². The van der Waals surface area contributed by atoms with E-state index < -0.39 is 12.0 Å². The molecule has 0 fully saturated rings. The molecule has 0 spiro atoms. The third-order valence-corrected chi connectivity index (χ3v) is 2.56. The van der Waals surface area contributed by atoms with Gasteiger partial charge in [0, 0.05) is 5.56 Å². The lowest BCUT2D eigenvalue weighted by Crippen LogP contribution is -2.21. The van der Waals surface area contributed by atoms with E-state index in [1.807, 2.05) is 0 Å². The second-order valence-electron chi connectivity index (χ2n) is 3.91. The Kier molecular flexibility index (Phi) is 3.77. The van der Waals surface area contributed by atoms with Gasteiger partial charge < -0.3 is 15.6 Å². The first-order valence-electron chi connectivity index (χ1n) is 5.58. The van der Waals surface area contributed by atoms with Crippen LogP contribution >= 0.6 is 0 Å². The standard InChI is InChI=1S/C14H12FNO3/c15-9-5-7-10(8-6-9)19-12-4-2-1-3-11(12)13(16)14(17)18/h1-8,13H,16H2,(H,17,18)/t13-/m0/s1. The van der Waals surface area contributed by atoms with Gasteiger partial charge in [0.1, 0.15) is 23.4 Å².